The third kappa shape index (κ3) is 1.48. The van der Waals surface area contributed by atoms with Crippen LogP contribution in [-0.4, -0.2) is 30.6 Å². The summed E-state index contributed by atoms with van der Waals surface area (Å²) in [6, 6.07) is 6.39. The molecule has 0 saturated carbocycles. The number of aromatic nitrogens is 1. The zero-order valence-electron chi connectivity index (χ0n) is 9.61. The van der Waals surface area contributed by atoms with E-state index in [2.05, 4.69) is 52.1 Å². The molecule has 1 saturated heterocycles. The van der Waals surface area contributed by atoms with Crippen LogP contribution in [0, 0.1) is 6.92 Å². The topological polar surface area (TPSA) is 19.7 Å². The van der Waals surface area contributed by atoms with E-state index in [-0.39, 0.29) is 0 Å². The molecule has 84 valence electrons. The molecule has 0 bridgehead atoms. The van der Waals surface area contributed by atoms with Gasteiger partial charge in [0.15, 0.2) is 0 Å². The molecule has 0 amide bonds. The predicted octanol–water partition coefficient (Wildman–Crippen LogP) is 1.66. The van der Waals surface area contributed by atoms with Crippen molar-refractivity contribution in [3.05, 3.63) is 36.2 Å². The van der Waals surface area contributed by atoms with Crippen LogP contribution in [0.4, 0.5) is 5.69 Å². The molecule has 3 nitrogen and oxygen atoms in total. The fourth-order valence-corrected chi connectivity index (χ4v) is 2.54. The summed E-state index contributed by atoms with van der Waals surface area (Å²) in [6.07, 6.45) is 4.33. The molecule has 1 N–H and O–H groups in total. The number of hydrogen-bond acceptors (Lipinski definition) is 2. The average Bonchev–Trinajstić information content (AvgIpc) is 2.66. The summed E-state index contributed by atoms with van der Waals surface area (Å²) in [5.74, 6) is 0. The normalized spacial score (nSPS) is 16.9. The van der Waals surface area contributed by atoms with Gasteiger partial charge >= 0.3 is 0 Å². The maximum Gasteiger partial charge on any atom is 0.0688 e. The van der Waals surface area contributed by atoms with E-state index >= 15 is 0 Å². The molecule has 0 radical (unpaired) electrons. The maximum atomic E-state index is 3.40. The second-order valence-electron chi connectivity index (χ2n) is 4.39. The van der Waals surface area contributed by atoms with Crippen LogP contribution in [-0.2, 0) is 0 Å². The summed E-state index contributed by atoms with van der Waals surface area (Å²) in [7, 11) is 0. The van der Waals surface area contributed by atoms with Crippen molar-refractivity contribution in [1.82, 2.24) is 9.72 Å². The molecular weight excluding hydrogens is 198 g/mol. The minimum atomic E-state index is 1.09. The zero-order valence-corrected chi connectivity index (χ0v) is 9.61. The van der Waals surface area contributed by atoms with Gasteiger partial charge in [-0.3, -0.25) is 0 Å². The summed E-state index contributed by atoms with van der Waals surface area (Å²) in [6.45, 7) is 6.59. The quantitative estimate of drug-likeness (QED) is 0.780. The van der Waals surface area contributed by atoms with Gasteiger partial charge in [-0.2, -0.15) is 0 Å². The molecule has 3 rings (SSSR count). The smallest absolute Gasteiger partial charge is 0.0688 e. The van der Waals surface area contributed by atoms with Crippen LogP contribution in [0.3, 0.4) is 0 Å². The first-order chi connectivity index (χ1) is 7.86. The number of nitrogens with one attached hydrogen (secondary N) is 1. The van der Waals surface area contributed by atoms with E-state index in [0.717, 1.165) is 26.2 Å². The van der Waals surface area contributed by atoms with E-state index in [1.165, 1.54) is 16.8 Å². The van der Waals surface area contributed by atoms with E-state index in [4.69, 9.17) is 0 Å². The van der Waals surface area contributed by atoms with Gasteiger partial charge in [0.05, 0.1) is 11.2 Å². The molecule has 1 aliphatic heterocycles. The number of nitrogens with zero attached hydrogens (tertiary/aromatic N) is 2. The van der Waals surface area contributed by atoms with Crippen molar-refractivity contribution >= 4 is 11.2 Å². The lowest BCUT2D eigenvalue weighted by molar-refractivity contribution is 0.590. The highest BCUT2D eigenvalue weighted by Crippen LogP contribution is 2.27. The fraction of sp³-hybridized carbons (Fsp3) is 0.385. The number of hydrogen-bond donors (Lipinski definition) is 1. The van der Waals surface area contributed by atoms with Gasteiger partial charge in [-0.15, -0.1) is 0 Å². The predicted molar refractivity (Wildman–Crippen MR) is 67.2 cm³/mol. The van der Waals surface area contributed by atoms with E-state index in [0.29, 0.717) is 0 Å². The molecule has 0 spiro atoms. The molecule has 3 heterocycles. The van der Waals surface area contributed by atoms with Gasteiger partial charge in [-0.25, -0.2) is 0 Å². The molecular formula is C13H17N3. The number of rotatable bonds is 1. The Morgan fingerprint density at radius 2 is 2.00 bits per heavy atom. The summed E-state index contributed by atoms with van der Waals surface area (Å²) in [4.78, 5) is 2.49. The summed E-state index contributed by atoms with van der Waals surface area (Å²) in [5.41, 5.74) is 4.09. The SMILES string of the molecule is Cc1cn2ccccc2c1N1CCNCC1. The lowest BCUT2D eigenvalue weighted by Crippen LogP contribution is -2.43. The van der Waals surface area contributed by atoms with Gasteiger partial charge in [-0.1, -0.05) is 6.07 Å². The Morgan fingerprint density at radius 3 is 2.81 bits per heavy atom. The third-order valence-corrected chi connectivity index (χ3v) is 3.27. The van der Waals surface area contributed by atoms with E-state index in [1.54, 1.807) is 0 Å². The number of aryl methyl sites for hydroxylation is 1. The molecule has 1 aliphatic rings. The number of pyridine rings is 1. The highest BCUT2D eigenvalue weighted by atomic mass is 15.2. The van der Waals surface area contributed by atoms with Gasteiger partial charge < -0.3 is 14.6 Å². The Kier molecular flexibility index (Phi) is 2.33. The van der Waals surface area contributed by atoms with Crippen molar-refractivity contribution in [2.45, 2.75) is 6.92 Å². The second-order valence-corrected chi connectivity index (χ2v) is 4.39. The summed E-state index contributed by atoms with van der Waals surface area (Å²) >= 11 is 0. The Morgan fingerprint density at radius 1 is 1.19 bits per heavy atom. The Bertz CT molecular complexity index is 495. The molecule has 1 fully saturated rings. The molecule has 2 aromatic heterocycles. The summed E-state index contributed by atoms with van der Waals surface area (Å²) < 4.78 is 2.21. The van der Waals surface area contributed by atoms with E-state index in [9.17, 15) is 0 Å². The van der Waals surface area contributed by atoms with Crippen molar-refractivity contribution < 1.29 is 0 Å². The van der Waals surface area contributed by atoms with Crippen molar-refractivity contribution in [2.24, 2.45) is 0 Å². The van der Waals surface area contributed by atoms with Crippen molar-refractivity contribution in [3.8, 4) is 0 Å². The molecule has 2 aromatic rings. The lowest BCUT2D eigenvalue weighted by atomic mass is 10.2. The van der Waals surface area contributed by atoms with Gasteiger partial charge in [0.25, 0.3) is 0 Å². The van der Waals surface area contributed by atoms with Crippen LogP contribution in [0.2, 0.25) is 0 Å². The first-order valence-corrected chi connectivity index (χ1v) is 5.88. The van der Waals surface area contributed by atoms with Crippen molar-refractivity contribution in [3.63, 3.8) is 0 Å². The first-order valence-electron chi connectivity index (χ1n) is 5.88. The van der Waals surface area contributed by atoms with Gasteiger partial charge in [0.1, 0.15) is 0 Å². The zero-order chi connectivity index (χ0) is 11.0. The standard InChI is InChI=1S/C13H17N3/c1-11-10-16-7-3-2-4-12(16)13(11)15-8-5-14-6-9-15/h2-4,7,10,14H,5-6,8-9H2,1H3. The Balaban J connectivity index is 2.10. The number of fused-ring (bicyclic) bond motifs is 1. The molecule has 0 aromatic carbocycles. The molecule has 0 unspecified atom stereocenters. The Hall–Kier alpha value is -1.48. The molecule has 0 aliphatic carbocycles. The van der Waals surface area contributed by atoms with Gasteiger partial charge in [0.2, 0.25) is 0 Å². The van der Waals surface area contributed by atoms with Crippen molar-refractivity contribution in [2.75, 3.05) is 31.1 Å². The number of piperazine rings is 1. The van der Waals surface area contributed by atoms with Crippen LogP contribution >= 0.6 is 0 Å². The highest BCUT2D eigenvalue weighted by Gasteiger charge is 2.16. The van der Waals surface area contributed by atoms with E-state index < -0.39 is 0 Å². The largest absolute Gasteiger partial charge is 0.367 e. The average molecular weight is 215 g/mol. The van der Waals surface area contributed by atoms with Crippen LogP contribution < -0.4 is 10.2 Å². The monoisotopic (exact) mass is 215 g/mol. The molecule has 0 atom stereocenters. The van der Waals surface area contributed by atoms with Crippen LogP contribution in [0.5, 0.6) is 0 Å². The fourth-order valence-electron chi connectivity index (χ4n) is 2.54. The minimum Gasteiger partial charge on any atom is -0.367 e. The lowest BCUT2D eigenvalue weighted by Gasteiger charge is -2.29. The highest BCUT2D eigenvalue weighted by molar-refractivity contribution is 5.77. The summed E-state index contributed by atoms with van der Waals surface area (Å²) in [5, 5.41) is 3.40. The molecule has 16 heavy (non-hydrogen) atoms. The Labute approximate surface area is 95.7 Å². The molecule has 3 heteroatoms. The van der Waals surface area contributed by atoms with Crippen LogP contribution in [0.1, 0.15) is 5.56 Å². The minimum absolute atomic E-state index is 1.09. The van der Waals surface area contributed by atoms with Crippen molar-refractivity contribution in [1.29, 1.82) is 0 Å². The van der Waals surface area contributed by atoms with E-state index in [1.807, 2.05) is 0 Å². The first kappa shape index (κ1) is 9.73. The van der Waals surface area contributed by atoms with Gasteiger partial charge in [-0.05, 0) is 24.6 Å². The number of anilines is 1. The van der Waals surface area contributed by atoms with Gasteiger partial charge in [0, 0.05) is 38.6 Å². The second kappa shape index (κ2) is 3.83. The van der Waals surface area contributed by atoms with Crippen LogP contribution in [0.15, 0.2) is 30.6 Å². The third-order valence-electron chi connectivity index (χ3n) is 3.27. The maximum absolute atomic E-state index is 3.40. The van der Waals surface area contributed by atoms with Crippen LogP contribution in [0.25, 0.3) is 5.52 Å².